The number of nitrogens with zero attached hydrogens (tertiary/aromatic N) is 1. The molecule has 2 atom stereocenters. The fraction of sp³-hybridized carbons (Fsp3) is 0.522. The number of carbonyl (C=O) groups is 2. The van der Waals surface area contributed by atoms with Crippen LogP contribution in [-0.4, -0.2) is 48.1 Å². The van der Waals surface area contributed by atoms with Crippen molar-refractivity contribution in [2.45, 2.75) is 56.7 Å². The smallest absolute Gasteiger partial charge is 0.287 e. The Bertz CT molecular complexity index is 1010. The van der Waals surface area contributed by atoms with Crippen LogP contribution < -0.4 is 10.7 Å². The van der Waals surface area contributed by atoms with Crippen molar-refractivity contribution < 1.29 is 18.7 Å². The van der Waals surface area contributed by atoms with Crippen molar-refractivity contribution in [3.8, 4) is 0 Å². The number of hydrogen-bond donors (Lipinski definition) is 1. The molecule has 2 amide bonds. The van der Waals surface area contributed by atoms with Crippen LogP contribution in [0.3, 0.4) is 0 Å². The van der Waals surface area contributed by atoms with E-state index in [1.54, 1.807) is 24.3 Å². The van der Waals surface area contributed by atoms with Crippen LogP contribution in [0.4, 0.5) is 0 Å². The lowest BCUT2D eigenvalue weighted by Crippen LogP contribution is -2.54. The van der Waals surface area contributed by atoms with Crippen LogP contribution in [0.25, 0.3) is 11.0 Å². The summed E-state index contributed by atoms with van der Waals surface area (Å²) >= 11 is 0. The molecule has 0 spiro atoms. The molecule has 4 heterocycles. The van der Waals surface area contributed by atoms with Crippen molar-refractivity contribution in [1.82, 2.24) is 10.2 Å². The highest BCUT2D eigenvalue weighted by molar-refractivity contribution is 5.93. The normalized spacial score (nSPS) is 26.7. The number of amides is 2. The highest BCUT2D eigenvalue weighted by Gasteiger charge is 2.45. The fourth-order valence-electron chi connectivity index (χ4n) is 5.28. The number of para-hydroxylation sites is 1. The van der Waals surface area contributed by atoms with E-state index >= 15 is 0 Å². The first kappa shape index (κ1) is 19.3. The van der Waals surface area contributed by atoms with Crippen molar-refractivity contribution >= 4 is 22.8 Å². The molecule has 0 aliphatic carbocycles. The van der Waals surface area contributed by atoms with Crippen LogP contribution in [0, 0.1) is 5.92 Å². The van der Waals surface area contributed by atoms with E-state index in [1.807, 2.05) is 0 Å². The molecule has 0 radical (unpaired) electrons. The number of benzene rings is 1. The highest BCUT2D eigenvalue weighted by atomic mass is 16.5. The third kappa shape index (κ3) is 3.51. The SMILES string of the molecule is O=C(NC1CC2CCC(C1)N2C(=O)C1CCOCC1)c1cc(=O)c2ccccc2o1. The predicted octanol–water partition coefficient (Wildman–Crippen LogP) is 2.47. The standard InChI is InChI=1S/C23H26N2O5/c26-19-13-21(30-20-4-2-1-3-18(19)20)22(27)24-15-11-16-5-6-17(12-15)25(16)23(28)14-7-9-29-10-8-14/h1-4,13-17H,5-12H2,(H,24,27). The summed E-state index contributed by atoms with van der Waals surface area (Å²) in [6, 6.07) is 8.50. The Morgan fingerprint density at radius 3 is 2.43 bits per heavy atom. The van der Waals surface area contributed by atoms with Gasteiger partial charge < -0.3 is 19.4 Å². The molecule has 1 N–H and O–H groups in total. The number of carbonyl (C=O) groups excluding carboxylic acids is 2. The topological polar surface area (TPSA) is 88.9 Å². The summed E-state index contributed by atoms with van der Waals surface area (Å²) in [7, 11) is 0. The van der Waals surface area contributed by atoms with Gasteiger partial charge in [-0.05, 0) is 50.7 Å². The number of hydrogen-bond acceptors (Lipinski definition) is 5. The Morgan fingerprint density at radius 1 is 1.00 bits per heavy atom. The van der Waals surface area contributed by atoms with Crippen LogP contribution in [0.2, 0.25) is 0 Å². The van der Waals surface area contributed by atoms with Gasteiger partial charge in [0, 0.05) is 43.3 Å². The average molecular weight is 410 g/mol. The van der Waals surface area contributed by atoms with Crippen LogP contribution in [0.5, 0.6) is 0 Å². The van der Waals surface area contributed by atoms with Gasteiger partial charge >= 0.3 is 0 Å². The van der Waals surface area contributed by atoms with E-state index in [0.717, 1.165) is 38.5 Å². The molecule has 3 saturated heterocycles. The molecule has 3 aliphatic heterocycles. The first-order chi connectivity index (χ1) is 14.6. The second-order valence-corrected chi connectivity index (χ2v) is 8.63. The lowest BCUT2D eigenvalue weighted by atomic mass is 9.92. The molecule has 5 rings (SSSR count). The van der Waals surface area contributed by atoms with E-state index in [-0.39, 0.29) is 47.0 Å². The Morgan fingerprint density at radius 2 is 1.70 bits per heavy atom. The van der Waals surface area contributed by atoms with Gasteiger partial charge in [0.25, 0.3) is 5.91 Å². The van der Waals surface area contributed by atoms with Gasteiger partial charge in [-0.1, -0.05) is 12.1 Å². The highest BCUT2D eigenvalue weighted by Crippen LogP contribution is 2.38. The largest absolute Gasteiger partial charge is 0.451 e. The monoisotopic (exact) mass is 410 g/mol. The maximum absolute atomic E-state index is 13.1. The summed E-state index contributed by atoms with van der Waals surface area (Å²) in [5.41, 5.74) is 0.186. The lowest BCUT2D eigenvalue weighted by Gasteiger charge is -2.41. The average Bonchev–Trinajstić information content (AvgIpc) is 3.04. The van der Waals surface area contributed by atoms with Gasteiger partial charge in [0.05, 0.1) is 5.39 Å². The van der Waals surface area contributed by atoms with Gasteiger partial charge in [-0.25, -0.2) is 0 Å². The maximum atomic E-state index is 13.1. The van der Waals surface area contributed by atoms with Gasteiger partial charge in [-0.15, -0.1) is 0 Å². The number of nitrogens with one attached hydrogen (secondary N) is 1. The minimum absolute atomic E-state index is 0.0227. The van der Waals surface area contributed by atoms with Gasteiger partial charge in [-0.2, -0.15) is 0 Å². The quantitative estimate of drug-likeness (QED) is 0.840. The third-order valence-corrected chi connectivity index (χ3v) is 6.75. The van der Waals surface area contributed by atoms with Crippen molar-refractivity contribution in [3.05, 3.63) is 46.3 Å². The molecule has 30 heavy (non-hydrogen) atoms. The molecule has 2 unspecified atom stereocenters. The van der Waals surface area contributed by atoms with Crippen LogP contribution in [-0.2, 0) is 9.53 Å². The molecule has 2 aromatic rings. The summed E-state index contributed by atoms with van der Waals surface area (Å²) in [5, 5.41) is 3.50. The molecule has 7 heteroatoms. The molecule has 0 saturated carbocycles. The molecule has 7 nitrogen and oxygen atoms in total. The van der Waals surface area contributed by atoms with Crippen molar-refractivity contribution in [2.75, 3.05) is 13.2 Å². The number of ether oxygens (including phenoxy) is 1. The number of fused-ring (bicyclic) bond motifs is 3. The molecular weight excluding hydrogens is 384 g/mol. The summed E-state index contributed by atoms with van der Waals surface area (Å²) in [6.45, 7) is 1.32. The van der Waals surface area contributed by atoms with Gasteiger partial charge in [0.15, 0.2) is 11.2 Å². The van der Waals surface area contributed by atoms with Crippen LogP contribution in [0.1, 0.15) is 49.1 Å². The second kappa shape index (κ2) is 7.87. The van der Waals surface area contributed by atoms with Crippen LogP contribution in [0.15, 0.2) is 39.5 Å². The van der Waals surface area contributed by atoms with E-state index in [2.05, 4.69) is 10.2 Å². The summed E-state index contributed by atoms with van der Waals surface area (Å²) < 4.78 is 11.1. The summed E-state index contributed by atoms with van der Waals surface area (Å²) in [5.74, 6) is -0.00538. The van der Waals surface area contributed by atoms with E-state index in [0.29, 0.717) is 24.2 Å². The zero-order valence-corrected chi connectivity index (χ0v) is 16.8. The Labute approximate surface area is 174 Å². The van der Waals surface area contributed by atoms with Crippen molar-refractivity contribution in [1.29, 1.82) is 0 Å². The Kier molecular flexibility index (Phi) is 5.06. The first-order valence-electron chi connectivity index (χ1n) is 10.8. The van der Waals surface area contributed by atoms with E-state index < -0.39 is 0 Å². The molecule has 3 aliphatic rings. The maximum Gasteiger partial charge on any atom is 0.287 e. The second-order valence-electron chi connectivity index (χ2n) is 8.63. The molecule has 1 aromatic carbocycles. The van der Waals surface area contributed by atoms with Crippen molar-refractivity contribution in [3.63, 3.8) is 0 Å². The third-order valence-electron chi connectivity index (χ3n) is 6.75. The molecule has 1 aromatic heterocycles. The molecule has 2 bridgehead atoms. The predicted molar refractivity (Wildman–Crippen MR) is 110 cm³/mol. The van der Waals surface area contributed by atoms with E-state index in [9.17, 15) is 14.4 Å². The fourth-order valence-corrected chi connectivity index (χ4v) is 5.28. The van der Waals surface area contributed by atoms with Gasteiger partial charge in [0.1, 0.15) is 5.58 Å². The Hall–Kier alpha value is -2.67. The van der Waals surface area contributed by atoms with Gasteiger partial charge in [-0.3, -0.25) is 14.4 Å². The lowest BCUT2D eigenvalue weighted by molar-refractivity contribution is -0.143. The van der Waals surface area contributed by atoms with E-state index in [4.69, 9.17) is 9.15 Å². The van der Waals surface area contributed by atoms with Crippen molar-refractivity contribution in [2.24, 2.45) is 5.92 Å². The number of rotatable bonds is 3. The first-order valence-corrected chi connectivity index (χ1v) is 10.8. The van der Waals surface area contributed by atoms with E-state index in [1.165, 1.54) is 6.07 Å². The van der Waals surface area contributed by atoms with Crippen LogP contribution >= 0.6 is 0 Å². The minimum Gasteiger partial charge on any atom is -0.451 e. The molecule has 158 valence electrons. The Balaban J connectivity index is 1.27. The minimum atomic E-state index is -0.369. The van der Waals surface area contributed by atoms with Gasteiger partial charge in [0.2, 0.25) is 5.91 Å². The summed E-state index contributed by atoms with van der Waals surface area (Å²) in [4.78, 5) is 40.2. The molecule has 3 fully saturated rings. The zero-order chi connectivity index (χ0) is 20.7. The number of piperidine rings is 1. The molecular formula is C23H26N2O5. The summed E-state index contributed by atoms with van der Waals surface area (Å²) in [6.07, 6.45) is 5.06. The zero-order valence-electron chi connectivity index (χ0n) is 16.8.